The maximum absolute atomic E-state index is 12.1. The standard InChI is InChI=1S/C12H15BrN2O/c1-4-15(8-9(2)3)12(16)10-5-6-14-11(13)7-10/h5-7H,2,4,8H2,1,3H3. The number of carbonyl (C=O) groups is 1. The lowest BCUT2D eigenvalue weighted by Crippen LogP contribution is -2.32. The number of amides is 1. The Balaban J connectivity index is 2.86. The summed E-state index contributed by atoms with van der Waals surface area (Å²) in [5.41, 5.74) is 1.62. The Morgan fingerprint density at radius 1 is 1.62 bits per heavy atom. The van der Waals surface area contributed by atoms with Gasteiger partial charge in [-0.3, -0.25) is 4.79 Å². The summed E-state index contributed by atoms with van der Waals surface area (Å²) in [4.78, 5) is 17.9. The number of aromatic nitrogens is 1. The van der Waals surface area contributed by atoms with Gasteiger partial charge in [0.1, 0.15) is 4.60 Å². The molecule has 86 valence electrons. The van der Waals surface area contributed by atoms with Crippen LogP contribution in [0.1, 0.15) is 24.2 Å². The summed E-state index contributed by atoms with van der Waals surface area (Å²) in [6, 6.07) is 3.44. The molecule has 3 nitrogen and oxygen atoms in total. The molecule has 1 amide bonds. The lowest BCUT2D eigenvalue weighted by atomic mass is 10.2. The van der Waals surface area contributed by atoms with Gasteiger partial charge in [-0.05, 0) is 41.9 Å². The van der Waals surface area contributed by atoms with E-state index < -0.39 is 0 Å². The molecule has 1 aromatic rings. The van der Waals surface area contributed by atoms with E-state index in [-0.39, 0.29) is 5.91 Å². The largest absolute Gasteiger partial charge is 0.335 e. The molecule has 1 rings (SSSR count). The van der Waals surface area contributed by atoms with Gasteiger partial charge in [0.2, 0.25) is 0 Å². The zero-order chi connectivity index (χ0) is 12.1. The molecule has 4 heteroatoms. The van der Waals surface area contributed by atoms with E-state index in [1.807, 2.05) is 13.8 Å². The van der Waals surface area contributed by atoms with Gasteiger partial charge in [0.25, 0.3) is 5.91 Å². The van der Waals surface area contributed by atoms with Crippen LogP contribution < -0.4 is 0 Å². The predicted octanol–water partition coefficient (Wildman–Crippen LogP) is 2.88. The minimum atomic E-state index is 0.00796. The van der Waals surface area contributed by atoms with E-state index in [0.717, 1.165) is 5.57 Å². The number of nitrogens with zero attached hydrogens (tertiary/aromatic N) is 2. The van der Waals surface area contributed by atoms with Gasteiger partial charge in [0.05, 0.1) is 0 Å². The summed E-state index contributed by atoms with van der Waals surface area (Å²) in [6.07, 6.45) is 1.62. The van der Waals surface area contributed by atoms with Crippen LogP contribution in [0.2, 0.25) is 0 Å². The number of hydrogen-bond acceptors (Lipinski definition) is 2. The predicted molar refractivity (Wildman–Crippen MR) is 68.3 cm³/mol. The first-order chi connectivity index (χ1) is 7.54. The van der Waals surface area contributed by atoms with Crippen molar-refractivity contribution in [3.05, 3.63) is 40.6 Å². The zero-order valence-corrected chi connectivity index (χ0v) is 11.1. The third-order valence-corrected chi connectivity index (χ3v) is 2.54. The Labute approximate surface area is 104 Å². The van der Waals surface area contributed by atoms with Gasteiger partial charge in [-0.2, -0.15) is 0 Å². The first kappa shape index (κ1) is 12.9. The van der Waals surface area contributed by atoms with Gasteiger partial charge in [0, 0.05) is 24.8 Å². The van der Waals surface area contributed by atoms with Gasteiger partial charge in [0.15, 0.2) is 0 Å². The number of hydrogen-bond donors (Lipinski definition) is 0. The van der Waals surface area contributed by atoms with Crippen LogP contribution in [-0.2, 0) is 0 Å². The van der Waals surface area contributed by atoms with Crippen molar-refractivity contribution in [2.24, 2.45) is 0 Å². The second-order valence-corrected chi connectivity index (χ2v) is 4.46. The zero-order valence-electron chi connectivity index (χ0n) is 9.53. The summed E-state index contributed by atoms with van der Waals surface area (Å²) in [5.74, 6) is 0.00796. The van der Waals surface area contributed by atoms with Crippen molar-refractivity contribution < 1.29 is 4.79 Å². The summed E-state index contributed by atoms with van der Waals surface area (Å²) < 4.78 is 0.671. The topological polar surface area (TPSA) is 33.2 Å². The molecule has 0 aliphatic carbocycles. The molecule has 16 heavy (non-hydrogen) atoms. The summed E-state index contributed by atoms with van der Waals surface area (Å²) in [5, 5.41) is 0. The second-order valence-electron chi connectivity index (χ2n) is 3.64. The van der Waals surface area contributed by atoms with Crippen LogP contribution in [0.3, 0.4) is 0 Å². The number of carbonyl (C=O) groups excluding carboxylic acids is 1. The SMILES string of the molecule is C=C(C)CN(CC)C(=O)c1ccnc(Br)c1. The van der Waals surface area contributed by atoms with E-state index in [0.29, 0.717) is 23.3 Å². The molecule has 0 aliphatic rings. The fourth-order valence-corrected chi connectivity index (χ4v) is 1.74. The summed E-state index contributed by atoms with van der Waals surface area (Å²) >= 11 is 3.25. The maximum atomic E-state index is 12.1. The van der Waals surface area contributed by atoms with Crippen molar-refractivity contribution in [2.45, 2.75) is 13.8 Å². The van der Waals surface area contributed by atoms with Crippen LogP contribution in [-0.4, -0.2) is 28.9 Å². The van der Waals surface area contributed by atoms with Gasteiger partial charge < -0.3 is 4.90 Å². The van der Waals surface area contributed by atoms with Crippen LogP contribution >= 0.6 is 15.9 Å². The van der Waals surface area contributed by atoms with Gasteiger partial charge in [-0.25, -0.2) is 4.98 Å². The van der Waals surface area contributed by atoms with Crippen LogP contribution in [0.25, 0.3) is 0 Å². The molecule has 0 saturated carbocycles. The third-order valence-electron chi connectivity index (χ3n) is 2.10. The molecule has 0 fully saturated rings. The quantitative estimate of drug-likeness (QED) is 0.629. The van der Waals surface area contributed by atoms with Gasteiger partial charge in [-0.15, -0.1) is 0 Å². The lowest BCUT2D eigenvalue weighted by Gasteiger charge is -2.20. The number of likely N-dealkylation sites (N-methyl/N-ethyl adjacent to an activating group) is 1. The number of pyridine rings is 1. The minimum absolute atomic E-state index is 0.00796. The third kappa shape index (κ3) is 3.45. The number of rotatable bonds is 4. The van der Waals surface area contributed by atoms with Crippen molar-refractivity contribution in [1.29, 1.82) is 0 Å². The molecule has 0 N–H and O–H groups in total. The highest BCUT2D eigenvalue weighted by Gasteiger charge is 2.14. The van der Waals surface area contributed by atoms with E-state index in [9.17, 15) is 4.79 Å². The molecule has 0 atom stereocenters. The Kier molecular flexibility index (Phi) is 4.68. The van der Waals surface area contributed by atoms with Crippen LogP contribution in [0.5, 0.6) is 0 Å². The molecule has 1 aromatic heterocycles. The fraction of sp³-hybridized carbons (Fsp3) is 0.333. The molecular formula is C12H15BrN2O. The van der Waals surface area contributed by atoms with E-state index in [4.69, 9.17) is 0 Å². The normalized spacial score (nSPS) is 9.94. The molecule has 0 spiro atoms. The molecule has 0 saturated heterocycles. The monoisotopic (exact) mass is 282 g/mol. The summed E-state index contributed by atoms with van der Waals surface area (Å²) in [7, 11) is 0. The summed E-state index contributed by atoms with van der Waals surface area (Å²) in [6.45, 7) is 8.96. The molecule has 0 bridgehead atoms. The average Bonchev–Trinajstić information content (AvgIpc) is 2.24. The van der Waals surface area contributed by atoms with E-state index >= 15 is 0 Å². The van der Waals surface area contributed by atoms with Crippen LogP contribution in [0.15, 0.2) is 35.1 Å². The van der Waals surface area contributed by atoms with E-state index in [2.05, 4.69) is 27.5 Å². The minimum Gasteiger partial charge on any atom is -0.335 e. The van der Waals surface area contributed by atoms with Gasteiger partial charge >= 0.3 is 0 Å². The number of halogens is 1. The van der Waals surface area contributed by atoms with E-state index in [1.54, 1.807) is 23.2 Å². The molecule has 0 aliphatic heterocycles. The highest BCUT2D eigenvalue weighted by molar-refractivity contribution is 9.10. The first-order valence-corrected chi connectivity index (χ1v) is 5.89. The van der Waals surface area contributed by atoms with Crippen molar-refractivity contribution >= 4 is 21.8 Å². The van der Waals surface area contributed by atoms with E-state index in [1.165, 1.54) is 0 Å². The molecule has 0 radical (unpaired) electrons. The van der Waals surface area contributed by atoms with Crippen LogP contribution in [0, 0.1) is 0 Å². The average molecular weight is 283 g/mol. The maximum Gasteiger partial charge on any atom is 0.254 e. The molecule has 0 aromatic carbocycles. The molecular weight excluding hydrogens is 268 g/mol. The van der Waals surface area contributed by atoms with Gasteiger partial charge in [-0.1, -0.05) is 12.2 Å². The van der Waals surface area contributed by atoms with Crippen LogP contribution in [0.4, 0.5) is 0 Å². The van der Waals surface area contributed by atoms with Crippen molar-refractivity contribution in [3.8, 4) is 0 Å². The Morgan fingerprint density at radius 3 is 2.81 bits per heavy atom. The first-order valence-electron chi connectivity index (χ1n) is 5.09. The second kappa shape index (κ2) is 5.80. The fourth-order valence-electron chi connectivity index (χ4n) is 1.37. The van der Waals surface area contributed by atoms with Crippen molar-refractivity contribution in [2.75, 3.05) is 13.1 Å². The Bertz CT molecular complexity index is 404. The van der Waals surface area contributed by atoms with Crippen molar-refractivity contribution in [1.82, 2.24) is 9.88 Å². The Morgan fingerprint density at radius 2 is 2.31 bits per heavy atom. The highest BCUT2D eigenvalue weighted by atomic mass is 79.9. The molecule has 1 heterocycles. The Hall–Kier alpha value is -1.16. The molecule has 0 unspecified atom stereocenters. The highest BCUT2D eigenvalue weighted by Crippen LogP contribution is 2.11. The smallest absolute Gasteiger partial charge is 0.254 e. The van der Waals surface area contributed by atoms with Crippen molar-refractivity contribution in [3.63, 3.8) is 0 Å². The lowest BCUT2D eigenvalue weighted by molar-refractivity contribution is 0.0778.